The molecule has 0 saturated heterocycles. The summed E-state index contributed by atoms with van der Waals surface area (Å²) in [6, 6.07) is 5.36. The van der Waals surface area contributed by atoms with E-state index in [-0.39, 0.29) is 17.3 Å². The van der Waals surface area contributed by atoms with Crippen LogP contribution in [-0.4, -0.2) is 19.1 Å². The fourth-order valence-electron chi connectivity index (χ4n) is 2.20. The Hall–Kier alpha value is -1.09. The lowest BCUT2D eigenvalue weighted by Crippen LogP contribution is -2.40. The maximum Gasteiger partial charge on any atom is 0.123 e. The van der Waals surface area contributed by atoms with Crippen LogP contribution in [0.5, 0.6) is 0 Å². The Morgan fingerprint density at radius 2 is 1.84 bits per heavy atom. The van der Waals surface area contributed by atoms with E-state index in [0.29, 0.717) is 12.5 Å². The number of anilines is 1. The SMILES string of the molecule is CC(N)Cc1cc(F)ccc1N(C)C(C)C(C)(C)C. The maximum atomic E-state index is 13.4. The van der Waals surface area contributed by atoms with Gasteiger partial charge in [-0.15, -0.1) is 0 Å². The number of rotatable bonds is 4. The molecule has 1 aromatic rings. The number of nitrogens with two attached hydrogens (primary N) is 1. The molecule has 0 bridgehead atoms. The third-order valence-electron chi connectivity index (χ3n) is 3.80. The van der Waals surface area contributed by atoms with Crippen LogP contribution in [0.15, 0.2) is 18.2 Å². The standard InChI is InChI=1S/C16H27FN2/c1-11(18)9-13-10-14(17)7-8-15(13)19(6)12(2)16(3,4)5/h7-8,10-12H,9,18H2,1-6H3. The molecule has 2 nitrogen and oxygen atoms in total. The molecular weight excluding hydrogens is 239 g/mol. The Labute approximate surface area is 116 Å². The lowest BCUT2D eigenvalue weighted by Gasteiger charge is -2.38. The molecule has 0 radical (unpaired) electrons. The highest BCUT2D eigenvalue weighted by Gasteiger charge is 2.25. The predicted octanol–water partition coefficient (Wildman–Crippen LogP) is 3.59. The Morgan fingerprint density at radius 1 is 1.26 bits per heavy atom. The van der Waals surface area contributed by atoms with Gasteiger partial charge in [-0.2, -0.15) is 0 Å². The van der Waals surface area contributed by atoms with Gasteiger partial charge in [0, 0.05) is 24.8 Å². The third-order valence-corrected chi connectivity index (χ3v) is 3.80. The van der Waals surface area contributed by atoms with Crippen molar-refractivity contribution in [1.82, 2.24) is 0 Å². The van der Waals surface area contributed by atoms with E-state index in [1.54, 1.807) is 6.07 Å². The van der Waals surface area contributed by atoms with Crippen molar-refractivity contribution < 1.29 is 4.39 Å². The van der Waals surface area contributed by atoms with Crippen LogP contribution in [0.25, 0.3) is 0 Å². The summed E-state index contributed by atoms with van der Waals surface area (Å²) in [7, 11) is 2.06. The highest BCUT2D eigenvalue weighted by Crippen LogP contribution is 2.30. The van der Waals surface area contributed by atoms with Crippen LogP contribution in [0.1, 0.15) is 40.2 Å². The molecule has 0 amide bonds. The molecule has 0 aromatic heterocycles. The number of halogens is 1. The van der Waals surface area contributed by atoms with E-state index in [2.05, 4.69) is 39.6 Å². The summed E-state index contributed by atoms with van der Waals surface area (Å²) in [5, 5.41) is 0. The highest BCUT2D eigenvalue weighted by atomic mass is 19.1. The molecule has 0 spiro atoms. The Kier molecular flexibility index (Phi) is 4.97. The fourth-order valence-corrected chi connectivity index (χ4v) is 2.20. The zero-order chi connectivity index (χ0) is 14.8. The molecule has 2 N–H and O–H groups in total. The molecule has 2 unspecified atom stereocenters. The molecule has 2 atom stereocenters. The number of nitrogens with zero attached hydrogens (tertiary/aromatic N) is 1. The summed E-state index contributed by atoms with van der Waals surface area (Å²) in [6.07, 6.45) is 0.689. The van der Waals surface area contributed by atoms with Gasteiger partial charge >= 0.3 is 0 Å². The molecule has 1 rings (SSSR count). The molecule has 108 valence electrons. The largest absolute Gasteiger partial charge is 0.371 e. The summed E-state index contributed by atoms with van der Waals surface area (Å²) in [6.45, 7) is 10.8. The minimum absolute atomic E-state index is 0.0268. The summed E-state index contributed by atoms with van der Waals surface area (Å²) in [5.74, 6) is -0.198. The van der Waals surface area contributed by atoms with Crippen molar-refractivity contribution in [3.05, 3.63) is 29.6 Å². The first kappa shape index (κ1) is 16.0. The van der Waals surface area contributed by atoms with E-state index in [1.165, 1.54) is 6.07 Å². The van der Waals surface area contributed by atoms with Crippen LogP contribution in [0.4, 0.5) is 10.1 Å². The van der Waals surface area contributed by atoms with Gasteiger partial charge in [-0.05, 0) is 49.4 Å². The van der Waals surface area contributed by atoms with E-state index in [1.807, 2.05) is 13.0 Å². The first-order valence-electron chi connectivity index (χ1n) is 6.89. The van der Waals surface area contributed by atoms with Gasteiger partial charge in [-0.3, -0.25) is 0 Å². The van der Waals surface area contributed by atoms with E-state index < -0.39 is 0 Å². The second-order valence-electron chi connectivity index (χ2n) is 6.61. The van der Waals surface area contributed by atoms with E-state index in [4.69, 9.17) is 5.73 Å². The summed E-state index contributed by atoms with van der Waals surface area (Å²) in [4.78, 5) is 2.22. The average molecular weight is 266 g/mol. The van der Waals surface area contributed by atoms with Crippen molar-refractivity contribution in [2.24, 2.45) is 11.1 Å². The van der Waals surface area contributed by atoms with E-state index in [9.17, 15) is 4.39 Å². The van der Waals surface area contributed by atoms with Crippen molar-refractivity contribution in [2.45, 2.75) is 53.1 Å². The van der Waals surface area contributed by atoms with Crippen molar-refractivity contribution >= 4 is 5.69 Å². The van der Waals surface area contributed by atoms with Crippen LogP contribution in [0, 0.1) is 11.2 Å². The third kappa shape index (κ3) is 4.20. The van der Waals surface area contributed by atoms with E-state index in [0.717, 1.165) is 11.3 Å². The molecule has 0 aliphatic carbocycles. The molecule has 3 heteroatoms. The first-order chi connectivity index (χ1) is 8.62. The molecule has 1 aromatic carbocycles. The van der Waals surface area contributed by atoms with Gasteiger partial charge in [0.05, 0.1) is 0 Å². The summed E-state index contributed by atoms with van der Waals surface area (Å²) in [5.41, 5.74) is 8.08. The maximum absolute atomic E-state index is 13.4. The second-order valence-corrected chi connectivity index (χ2v) is 6.61. The van der Waals surface area contributed by atoms with Crippen LogP contribution in [0.2, 0.25) is 0 Å². The van der Waals surface area contributed by atoms with Crippen molar-refractivity contribution in [3.8, 4) is 0 Å². The molecule has 0 aliphatic rings. The Bertz CT molecular complexity index is 421. The summed E-state index contributed by atoms with van der Waals surface area (Å²) >= 11 is 0. The molecule has 0 saturated carbocycles. The second kappa shape index (κ2) is 5.91. The quantitative estimate of drug-likeness (QED) is 0.902. The molecule has 0 fully saturated rings. The molecule has 19 heavy (non-hydrogen) atoms. The zero-order valence-electron chi connectivity index (χ0n) is 13.0. The lowest BCUT2D eigenvalue weighted by molar-refractivity contribution is 0.329. The Balaban J connectivity index is 3.11. The molecule has 0 aliphatic heterocycles. The van der Waals surface area contributed by atoms with Gasteiger partial charge in [0.2, 0.25) is 0 Å². The van der Waals surface area contributed by atoms with Crippen LogP contribution in [-0.2, 0) is 6.42 Å². The molecule has 0 heterocycles. The van der Waals surface area contributed by atoms with Gasteiger partial charge in [0.15, 0.2) is 0 Å². The van der Waals surface area contributed by atoms with Gasteiger partial charge in [-0.25, -0.2) is 4.39 Å². The van der Waals surface area contributed by atoms with Crippen molar-refractivity contribution in [3.63, 3.8) is 0 Å². The normalized spacial score (nSPS) is 15.2. The smallest absolute Gasteiger partial charge is 0.123 e. The highest BCUT2D eigenvalue weighted by molar-refractivity contribution is 5.54. The van der Waals surface area contributed by atoms with Gasteiger partial charge < -0.3 is 10.6 Å². The van der Waals surface area contributed by atoms with Gasteiger partial charge in [0.25, 0.3) is 0 Å². The number of hydrogen-bond acceptors (Lipinski definition) is 2. The van der Waals surface area contributed by atoms with Gasteiger partial charge in [-0.1, -0.05) is 20.8 Å². The zero-order valence-corrected chi connectivity index (χ0v) is 13.0. The summed E-state index contributed by atoms with van der Waals surface area (Å²) < 4.78 is 13.4. The topological polar surface area (TPSA) is 29.3 Å². The number of benzene rings is 1. The minimum atomic E-state index is -0.198. The minimum Gasteiger partial charge on any atom is -0.371 e. The van der Waals surface area contributed by atoms with Crippen LogP contribution in [0.3, 0.4) is 0 Å². The predicted molar refractivity (Wildman–Crippen MR) is 81.1 cm³/mol. The Morgan fingerprint density at radius 3 is 2.32 bits per heavy atom. The molecular formula is C16H27FN2. The average Bonchev–Trinajstić information content (AvgIpc) is 2.25. The fraction of sp³-hybridized carbons (Fsp3) is 0.625. The van der Waals surface area contributed by atoms with Crippen LogP contribution < -0.4 is 10.6 Å². The lowest BCUT2D eigenvalue weighted by atomic mass is 9.86. The van der Waals surface area contributed by atoms with Crippen molar-refractivity contribution in [2.75, 3.05) is 11.9 Å². The monoisotopic (exact) mass is 266 g/mol. The van der Waals surface area contributed by atoms with Crippen molar-refractivity contribution in [1.29, 1.82) is 0 Å². The van der Waals surface area contributed by atoms with E-state index >= 15 is 0 Å². The van der Waals surface area contributed by atoms with Crippen LogP contribution >= 0.6 is 0 Å². The number of hydrogen-bond donors (Lipinski definition) is 1. The van der Waals surface area contributed by atoms with Gasteiger partial charge in [0.1, 0.15) is 5.82 Å². The first-order valence-corrected chi connectivity index (χ1v) is 6.89.